The number of aryl methyl sites for hydroxylation is 1. The maximum atomic E-state index is 4.57. The number of benzene rings is 2. The third-order valence-corrected chi connectivity index (χ3v) is 6.97. The van der Waals surface area contributed by atoms with Gasteiger partial charge in [-0.3, -0.25) is 0 Å². The van der Waals surface area contributed by atoms with Gasteiger partial charge in [0.15, 0.2) is 0 Å². The van der Waals surface area contributed by atoms with Gasteiger partial charge in [0.1, 0.15) is 0 Å². The van der Waals surface area contributed by atoms with Crippen LogP contribution in [0.5, 0.6) is 0 Å². The number of allylic oxidation sites excluding steroid dienone is 5. The molecule has 2 nitrogen and oxygen atoms in total. The summed E-state index contributed by atoms with van der Waals surface area (Å²) >= 11 is 0. The number of fused-ring (bicyclic) bond motifs is 1. The zero-order valence-electron chi connectivity index (χ0n) is 19.7. The Morgan fingerprint density at radius 3 is 2.25 bits per heavy atom. The minimum Gasteiger partial charge on any atom is -0.388 e. The number of anilines is 1. The van der Waals surface area contributed by atoms with E-state index in [1.165, 1.54) is 59.3 Å². The molecule has 32 heavy (non-hydrogen) atoms. The molecular weight excluding hydrogens is 388 g/mol. The molecule has 0 amide bonds. The van der Waals surface area contributed by atoms with Gasteiger partial charge < -0.3 is 10.2 Å². The van der Waals surface area contributed by atoms with Crippen LogP contribution < -0.4 is 10.2 Å². The molecule has 1 N–H and O–H groups in total. The molecule has 1 fully saturated rings. The summed E-state index contributed by atoms with van der Waals surface area (Å²) in [6.07, 6.45) is 6.91. The molecule has 0 unspecified atom stereocenters. The quantitative estimate of drug-likeness (QED) is 0.539. The fourth-order valence-corrected chi connectivity index (χ4v) is 5.33. The number of likely N-dealkylation sites (N-methyl/N-ethyl adjacent to an activating group) is 1. The molecule has 2 aliphatic rings. The molecule has 164 valence electrons. The van der Waals surface area contributed by atoms with Crippen molar-refractivity contribution in [1.82, 2.24) is 5.32 Å². The van der Waals surface area contributed by atoms with E-state index in [2.05, 4.69) is 92.3 Å². The largest absolute Gasteiger partial charge is 0.388 e. The molecule has 0 spiro atoms. The highest BCUT2D eigenvalue weighted by atomic mass is 15.2. The average molecular weight is 423 g/mol. The molecular formula is C30H34N2. The van der Waals surface area contributed by atoms with E-state index in [-0.39, 0.29) is 0 Å². The number of para-hydroxylation sites is 1. The maximum Gasteiger partial charge on any atom is 0.0490 e. The van der Waals surface area contributed by atoms with Crippen LogP contribution in [0.15, 0.2) is 96.9 Å². The van der Waals surface area contributed by atoms with E-state index in [4.69, 9.17) is 0 Å². The van der Waals surface area contributed by atoms with Gasteiger partial charge in [0.25, 0.3) is 0 Å². The Bertz CT molecular complexity index is 1140. The van der Waals surface area contributed by atoms with Crippen LogP contribution in [-0.2, 0) is 0 Å². The molecule has 1 saturated carbocycles. The topological polar surface area (TPSA) is 15.3 Å². The first-order valence-electron chi connectivity index (χ1n) is 11.6. The summed E-state index contributed by atoms with van der Waals surface area (Å²) in [4.78, 5) is 2.58. The first-order valence-corrected chi connectivity index (χ1v) is 11.6. The summed E-state index contributed by atoms with van der Waals surface area (Å²) in [5.74, 6) is 0. The zero-order valence-corrected chi connectivity index (χ0v) is 19.7. The summed E-state index contributed by atoms with van der Waals surface area (Å²) in [6, 6.07) is 17.8. The Morgan fingerprint density at radius 1 is 1.00 bits per heavy atom. The Morgan fingerprint density at radius 2 is 1.62 bits per heavy atom. The Labute approximate surface area is 193 Å². The molecule has 1 heterocycles. The van der Waals surface area contributed by atoms with Gasteiger partial charge in [0.2, 0.25) is 0 Å². The zero-order chi connectivity index (χ0) is 22.8. The lowest BCUT2D eigenvalue weighted by Crippen LogP contribution is -2.34. The van der Waals surface area contributed by atoms with Crippen molar-refractivity contribution < 1.29 is 0 Å². The highest BCUT2D eigenvalue weighted by Gasteiger charge is 2.32. The molecule has 2 aromatic carbocycles. The molecule has 2 heteroatoms. The van der Waals surface area contributed by atoms with E-state index in [0.29, 0.717) is 6.04 Å². The number of hydrogen-bond acceptors (Lipinski definition) is 2. The van der Waals surface area contributed by atoms with E-state index in [1.807, 2.05) is 13.1 Å². The fourth-order valence-electron chi connectivity index (χ4n) is 5.33. The molecule has 1 aliphatic carbocycles. The van der Waals surface area contributed by atoms with Crippen LogP contribution in [-0.4, -0.2) is 13.1 Å². The summed E-state index contributed by atoms with van der Waals surface area (Å²) in [5, 5.41) is 3.32. The number of nitrogens with zero attached hydrogens (tertiary/aromatic N) is 1. The summed E-state index contributed by atoms with van der Waals surface area (Å²) in [6.45, 7) is 17.6. The van der Waals surface area contributed by atoms with E-state index >= 15 is 0 Å². The third-order valence-electron chi connectivity index (χ3n) is 6.97. The highest BCUT2D eigenvalue weighted by molar-refractivity contribution is 5.99. The molecule has 0 aromatic heterocycles. The van der Waals surface area contributed by atoms with E-state index in [0.717, 1.165) is 22.4 Å². The van der Waals surface area contributed by atoms with Gasteiger partial charge in [-0.25, -0.2) is 0 Å². The minimum absolute atomic E-state index is 0.484. The molecule has 0 atom stereocenters. The summed E-state index contributed by atoms with van der Waals surface area (Å²) < 4.78 is 0. The minimum atomic E-state index is 0.484. The first kappa shape index (κ1) is 22.0. The lowest BCUT2D eigenvalue weighted by Gasteiger charge is -2.38. The second-order valence-electron chi connectivity index (χ2n) is 8.80. The van der Waals surface area contributed by atoms with Gasteiger partial charge in [-0.05, 0) is 55.0 Å². The molecule has 0 saturated heterocycles. The molecule has 2 aromatic rings. The van der Waals surface area contributed by atoms with Gasteiger partial charge in [-0.15, -0.1) is 0 Å². The summed E-state index contributed by atoms with van der Waals surface area (Å²) in [7, 11) is 1.94. The molecule has 1 aliphatic heterocycles. The van der Waals surface area contributed by atoms with Crippen molar-refractivity contribution in [1.29, 1.82) is 0 Å². The van der Waals surface area contributed by atoms with Crippen molar-refractivity contribution in [3.63, 3.8) is 0 Å². The Hall–Kier alpha value is -3.26. The highest BCUT2D eigenvalue weighted by Crippen LogP contribution is 2.46. The van der Waals surface area contributed by atoms with Crippen LogP contribution in [0.25, 0.3) is 11.1 Å². The van der Waals surface area contributed by atoms with Gasteiger partial charge in [-0.1, -0.05) is 81.1 Å². The predicted octanol–water partition coefficient (Wildman–Crippen LogP) is 7.42. The lowest BCUT2D eigenvalue weighted by atomic mass is 9.82. The van der Waals surface area contributed by atoms with Crippen LogP contribution in [0, 0.1) is 6.92 Å². The first-order chi connectivity index (χ1) is 15.5. The molecule has 0 radical (unpaired) electrons. The maximum absolute atomic E-state index is 4.57. The number of hydrogen-bond donors (Lipinski definition) is 1. The van der Waals surface area contributed by atoms with Gasteiger partial charge >= 0.3 is 0 Å². The standard InChI is InChI=1S/C30H34N2/c1-7-25-21(3)27-18-12-13-19-28(27)32(24-15-9-10-16-24)23(5)30(29(25)22(4)31-6)26-17-11-8-14-20(26)2/h7-8,11-14,17-19,24,31H,1,3-4,9-10,15-16H2,2,5-6H3/b29-25-,30-23-. The predicted molar refractivity (Wildman–Crippen MR) is 139 cm³/mol. The van der Waals surface area contributed by atoms with Crippen molar-refractivity contribution in [2.24, 2.45) is 0 Å². The number of nitrogens with one attached hydrogen (secondary N) is 1. The van der Waals surface area contributed by atoms with Crippen molar-refractivity contribution in [3.05, 3.63) is 114 Å². The van der Waals surface area contributed by atoms with Crippen LogP contribution >= 0.6 is 0 Å². The third kappa shape index (κ3) is 3.64. The second-order valence-corrected chi connectivity index (χ2v) is 8.80. The number of rotatable bonds is 5. The van der Waals surface area contributed by atoms with Crippen molar-refractivity contribution in [2.75, 3.05) is 11.9 Å². The van der Waals surface area contributed by atoms with E-state index in [9.17, 15) is 0 Å². The fraction of sp³-hybridized carbons (Fsp3) is 0.267. The van der Waals surface area contributed by atoms with Crippen LogP contribution in [0.4, 0.5) is 5.69 Å². The van der Waals surface area contributed by atoms with Crippen molar-refractivity contribution >= 4 is 16.8 Å². The van der Waals surface area contributed by atoms with E-state index < -0.39 is 0 Å². The smallest absolute Gasteiger partial charge is 0.0490 e. The Balaban J connectivity index is 2.16. The van der Waals surface area contributed by atoms with Crippen molar-refractivity contribution in [2.45, 2.75) is 45.6 Å². The molecule has 0 bridgehead atoms. The lowest BCUT2D eigenvalue weighted by molar-refractivity contribution is 0.654. The van der Waals surface area contributed by atoms with Gasteiger partial charge in [0.05, 0.1) is 0 Å². The van der Waals surface area contributed by atoms with Gasteiger partial charge in [0, 0.05) is 46.9 Å². The van der Waals surface area contributed by atoms with Crippen molar-refractivity contribution in [3.8, 4) is 0 Å². The molecule has 4 rings (SSSR count). The Kier molecular flexibility index (Phi) is 6.23. The average Bonchev–Trinajstić information content (AvgIpc) is 3.33. The van der Waals surface area contributed by atoms with Crippen LogP contribution in [0.3, 0.4) is 0 Å². The monoisotopic (exact) mass is 422 g/mol. The van der Waals surface area contributed by atoms with Crippen LogP contribution in [0.1, 0.15) is 49.3 Å². The van der Waals surface area contributed by atoms with Gasteiger partial charge in [-0.2, -0.15) is 0 Å². The van der Waals surface area contributed by atoms with Crippen LogP contribution in [0.2, 0.25) is 0 Å². The SMILES string of the molecule is C=C/C1=C(C(=C)NC)/C(c2ccccc2C)=C(/C)N(C2CCCC2)c2ccccc2C1=C. The van der Waals surface area contributed by atoms with E-state index in [1.54, 1.807) is 0 Å². The summed E-state index contributed by atoms with van der Waals surface area (Å²) in [5.41, 5.74) is 11.3. The normalized spacial score (nSPS) is 21.7. The second kappa shape index (κ2) is 9.08.